The second-order valence-electron chi connectivity index (χ2n) is 6.16. The SMILES string of the molecule is Cc1[nH]ncc1C1CCN(C(=O)c2cc(-c3ccco3)[nH]n2)CC1. The smallest absolute Gasteiger partial charge is 0.274 e. The van der Waals surface area contributed by atoms with Crippen LogP contribution in [0.1, 0.15) is 40.5 Å². The average molecular weight is 325 g/mol. The number of hydrogen-bond acceptors (Lipinski definition) is 4. The predicted octanol–water partition coefficient (Wildman–Crippen LogP) is 2.72. The van der Waals surface area contributed by atoms with E-state index in [1.807, 2.05) is 24.1 Å². The number of hydrogen-bond donors (Lipinski definition) is 2. The van der Waals surface area contributed by atoms with Crippen LogP contribution in [0.5, 0.6) is 0 Å². The molecule has 0 atom stereocenters. The first kappa shape index (κ1) is 14.7. The zero-order valence-corrected chi connectivity index (χ0v) is 13.5. The number of furan rings is 1. The van der Waals surface area contributed by atoms with Gasteiger partial charge in [0, 0.05) is 24.8 Å². The number of aromatic amines is 2. The largest absolute Gasteiger partial charge is 0.463 e. The standard InChI is InChI=1S/C17H19N5O2/c1-11-13(10-18-19-11)12-4-6-22(7-5-12)17(23)15-9-14(20-21-15)16-3-2-8-24-16/h2-3,8-10,12H,4-7H2,1H3,(H,18,19)(H,20,21). The topological polar surface area (TPSA) is 90.8 Å². The number of carbonyl (C=O) groups is 1. The molecule has 1 fully saturated rings. The molecule has 3 aromatic rings. The van der Waals surface area contributed by atoms with E-state index < -0.39 is 0 Å². The van der Waals surface area contributed by atoms with Crippen LogP contribution in [0.3, 0.4) is 0 Å². The van der Waals surface area contributed by atoms with E-state index in [1.165, 1.54) is 5.56 Å². The highest BCUT2D eigenvalue weighted by atomic mass is 16.3. The lowest BCUT2D eigenvalue weighted by atomic mass is 9.90. The van der Waals surface area contributed by atoms with Gasteiger partial charge in [-0.25, -0.2) is 0 Å². The second kappa shape index (κ2) is 5.99. The van der Waals surface area contributed by atoms with E-state index in [9.17, 15) is 4.79 Å². The van der Waals surface area contributed by atoms with Gasteiger partial charge in [0.05, 0.1) is 12.5 Å². The fraction of sp³-hybridized carbons (Fsp3) is 0.353. The van der Waals surface area contributed by atoms with Crippen molar-refractivity contribution in [3.05, 3.63) is 47.6 Å². The van der Waals surface area contributed by atoms with E-state index in [1.54, 1.807) is 18.4 Å². The third-order valence-electron chi connectivity index (χ3n) is 4.67. The van der Waals surface area contributed by atoms with Crippen molar-refractivity contribution in [2.45, 2.75) is 25.7 Å². The first-order valence-electron chi connectivity index (χ1n) is 8.11. The molecule has 124 valence electrons. The zero-order valence-electron chi connectivity index (χ0n) is 13.5. The summed E-state index contributed by atoms with van der Waals surface area (Å²) in [4.78, 5) is 14.5. The van der Waals surface area contributed by atoms with Gasteiger partial charge in [0.1, 0.15) is 5.69 Å². The monoisotopic (exact) mass is 325 g/mol. The van der Waals surface area contributed by atoms with Crippen LogP contribution in [-0.4, -0.2) is 44.3 Å². The van der Waals surface area contributed by atoms with E-state index in [0.717, 1.165) is 31.6 Å². The second-order valence-corrected chi connectivity index (χ2v) is 6.16. The number of nitrogens with one attached hydrogen (secondary N) is 2. The minimum Gasteiger partial charge on any atom is -0.463 e. The molecule has 4 heterocycles. The molecule has 1 aliphatic heterocycles. The Morgan fingerprint density at radius 1 is 1.33 bits per heavy atom. The Labute approximate surface area is 139 Å². The van der Waals surface area contributed by atoms with Crippen molar-refractivity contribution < 1.29 is 9.21 Å². The van der Waals surface area contributed by atoms with Crippen LogP contribution in [0.4, 0.5) is 0 Å². The van der Waals surface area contributed by atoms with E-state index >= 15 is 0 Å². The lowest BCUT2D eigenvalue weighted by Crippen LogP contribution is -2.38. The number of nitrogens with zero attached hydrogens (tertiary/aromatic N) is 3. The summed E-state index contributed by atoms with van der Waals surface area (Å²) >= 11 is 0. The Hall–Kier alpha value is -2.83. The summed E-state index contributed by atoms with van der Waals surface area (Å²) in [5, 5.41) is 14.1. The molecule has 4 rings (SSSR count). The van der Waals surface area contributed by atoms with Gasteiger partial charge in [-0.05, 0) is 43.4 Å². The Morgan fingerprint density at radius 3 is 2.83 bits per heavy atom. The fourth-order valence-corrected chi connectivity index (χ4v) is 3.32. The van der Waals surface area contributed by atoms with Crippen molar-refractivity contribution in [3.63, 3.8) is 0 Å². The van der Waals surface area contributed by atoms with Gasteiger partial charge in [-0.2, -0.15) is 10.2 Å². The van der Waals surface area contributed by atoms with Gasteiger partial charge in [0.25, 0.3) is 5.91 Å². The van der Waals surface area contributed by atoms with Gasteiger partial charge in [-0.1, -0.05) is 0 Å². The molecule has 0 unspecified atom stereocenters. The van der Waals surface area contributed by atoms with E-state index in [-0.39, 0.29) is 5.91 Å². The van der Waals surface area contributed by atoms with Gasteiger partial charge >= 0.3 is 0 Å². The van der Waals surface area contributed by atoms with Crippen molar-refractivity contribution >= 4 is 5.91 Å². The summed E-state index contributed by atoms with van der Waals surface area (Å²) in [6.07, 6.45) is 5.39. The van der Waals surface area contributed by atoms with E-state index in [0.29, 0.717) is 23.1 Å². The first-order chi connectivity index (χ1) is 11.7. The third-order valence-corrected chi connectivity index (χ3v) is 4.67. The summed E-state index contributed by atoms with van der Waals surface area (Å²) < 4.78 is 5.32. The van der Waals surface area contributed by atoms with Gasteiger partial charge in [-0.15, -0.1) is 0 Å². The van der Waals surface area contributed by atoms with Crippen molar-refractivity contribution in [1.29, 1.82) is 0 Å². The number of aryl methyl sites for hydroxylation is 1. The van der Waals surface area contributed by atoms with Gasteiger partial charge in [0.2, 0.25) is 0 Å². The van der Waals surface area contributed by atoms with Crippen LogP contribution in [0.15, 0.2) is 35.1 Å². The molecule has 7 nitrogen and oxygen atoms in total. The zero-order chi connectivity index (χ0) is 16.5. The number of piperidine rings is 1. The molecule has 0 radical (unpaired) electrons. The van der Waals surface area contributed by atoms with Gasteiger partial charge in [-0.3, -0.25) is 15.0 Å². The Kier molecular flexibility index (Phi) is 3.68. The van der Waals surface area contributed by atoms with Gasteiger partial charge in [0.15, 0.2) is 11.5 Å². The molecule has 0 bridgehead atoms. The summed E-state index contributed by atoms with van der Waals surface area (Å²) in [6.45, 7) is 3.51. The molecule has 7 heteroatoms. The van der Waals surface area contributed by atoms with Crippen molar-refractivity contribution in [2.75, 3.05) is 13.1 Å². The molecule has 2 N–H and O–H groups in total. The number of aromatic nitrogens is 4. The van der Waals surface area contributed by atoms with Crippen molar-refractivity contribution in [3.8, 4) is 11.5 Å². The van der Waals surface area contributed by atoms with Crippen LogP contribution in [0.25, 0.3) is 11.5 Å². The van der Waals surface area contributed by atoms with E-state index in [2.05, 4.69) is 20.4 Å². The summed E-state index contributed by atoms with van der Waals surface area (Å²) in [5.74, 6) is 1.10. The normalized spacial score (nSPS) is 15.8. The first-order valence-corrected chi connectivity index (χ1v) is 8.11. The average Bonchev–Trinajstić information content (AvgIpc) is 3.35. The molecule has 3 aromatic heterocycles. The van der Waals surface area contributed by atoms with Crippen LogP contribution >= 0.6 is 0 Å². The molecular formula is C17H19N5O2. The number of carbonyl (C=O) groups excluding carboxylic acids is 1. The highest BCUT2D eigenvalue weighted by Gasteiger charge is 2.27. The van der Waals surface area contributed by atoms with Crippen LogP contribution in [-0.2, 0) is 0 Å². The predicted molar refractivity (Wildman–Crippen MR) is 87.5 cm³/mol. The summed E-state index contributed by atoms with van der Waals surface area (Å²) in [6, 6.07) is 5.38. The molecule has 24 heavy (non-hydrogen) atoms. The maximum Gasteiger partial charge on any atom is 0.274 e. The van der Waals surface area contributed by atoms with Crippen molar-refractivity contribution in [2.24, 2.45) is 0 Å². The maximum atomic E-state index is 12.6. The maximum absolute atomic E-state index is 12.6. The summed E-state index contributed by atoms with van der Waals surface area (Å²) in [5.41, 5.74) is 3.53. The molecule has 1 aliphatic rings. The highest BCUT2D eigenvalue weighted by Crippen LogP contribution is 2.30. The van der Waals surface area contributed by atoms with E-state index in [4.69, 9.17) is 4.42 Å². The summed E-state index contributed by atoms with van der Waals surface area (Å²) in [7, 11) is 0. The molecule has 0 spiro atoms. The third kappa shape index (κ3) is 2.62. The molecular weight excluding hydrogens is 306 g/mol. The minimum absolute atomic E-state index is 0.0357. The van der Waals surface area contributed by atoms with Crippen LogP contribution in [0, 0.1) is 6.92 Å². The minimum atomic E-state index is -0.0357. The Balaban J connectivity index is 1.42. The molecule has 0 aromatic carbocycles. The highest BCUT2D eigenvalue weighted by molar-refractivity contribution is 5.93. The van der Waals surface area contributed by atoms with Crippen LogP contribution in [0.2, 0.25) is 0 Å². The Morgan fingerprint density at radius 2 is 2.17 bits per heavy atom. The number of amides is 1. The number of rotatable bonds is 3. The van der Waals surface area contributed by atoms with Gasteiger partial charge < -0.3 is 9.32 Å². The Bertz CT molecular complexity index is 825. The molecule has 1 amide bonds. The lowest BCUT2D eigenvalue weighted by molar-refractivity contribution is 0.0707. The molecule has 1 saturated heterocycles. The number of likely N-dealkylation sites (tertiary alicyclic amines) is 1. The number of H-pyrrole nitrogens is 2. The van der Waals surface area contributed by atoms with Crippen molar-refractivity contribution in [1.82, 2.24) is 25.3 Å². The quantitative estimate of drug-likeness (QED) is 0.774. The lowest BCUT2D eigenvalue weighted by Gasteiger charge is -2.31. The molecule has 0 aliphatic carbocycles. The molecule has 0 saturated carbocycles. The fourth-order valence-electron chi connectivity index (χ4n) is 3.32. The van der Waals surface area contributed by atoms with Crippen LogP contribution < -0.4 is 0 Å².